The van der Waals surface area contributed by atoms with Crippen LogP contribution >= 0.6 is 0 Å². The third kappa shape index (κ3) is 3.51. The van der Waals surface area contributed by atoms with Crippen molar-refractivity contribution in [1.29, 1.82) is 0 Å². The van der Waals surface area contributed by atoms with Gasteiger partial charge in [0.2, 0.25) is 0 Å². The zero-order valence-electron chi connectivity index (χ0n) is 18.9. The van der Waals surface area contributed by atoms with Gasteiger partial charge in [0.05, 0.1) is 30.6 Å². The van der Waals surface area contributed by atoms with Gasteiger partial charge in [0.1, 0.15) is 0 Å². The molecule has 0 aliphatic carbocycles. The van der Waals surface area contributed by atoms with Crippen molar-refractivity contribution in [3.8, 4) is 17.3 Å². The van der Waals surface area contributed by atoms with Crippen LogP contribution in [0.5, 0.6) is 11.5 Å². The molecule has 4 aromatic rings. The fourth-order valence-electron chi connectivity index (χ4n) is 4.47. The highest BCUT2D eigenvalue weighted by Gasteiger charge is 2.25. The highest BCUT2D eigenvalue weighted by molar-refractivity contribution is 6.07. The zero-order chi connectivity index (χ0) is 23.1. The van der Waals surface area contributed by atoms with Crippen LogP contribution in [0.15, 0.2) is 45.8 Å². The lowest BCUT2D eigenvalue weighted by atomic mass is 10.0. The van der Waals surface area contributed by atoms with Crippen LogP contribution in [-0.2, 0) is 0 Å². The molecule has 3 heterocycles. The van der Waals surface area contributed by atoms with Crippen LogP contribution in [0.3, 0.4) is 0 Å². The Hall–Kier alpha value is -3.81. The molecule has 1 aliphatic rings. The second-order valence-electron chi connectivity index (χ2n) is 8.33. The third-order valence-electron chi connectivity index (χ3n) is 6.23. The topological polar surface area (TPSA) is 86.8 Å². The van der Waals surface area contributed by atoms with Crippen molar-refractivity contribution >= 4 is 27.6 Å². The van der Waals surface area contributed by atoms with E-state index in [1.165, 1.54) is 18.8 Å². The minimum atomic E-state index is -0.321. The number of carbonyl (C=O) groups is 1. The predicted octanol–water partition coefficient (Wildman–Crippen LogP) is 4.08. The van der Waals surface area contributed by atoms with Gasteiger partial charge in [0.15, 0.2) is 22.9 Å². The number of hydrogen-bond donors (Lipinski definition) is 0. The number of fused-ring (bicyclic) bond motifs is 2. The van der Waals surface area contributed by atoms with E-state index >= 15 is 0 Å². The van der Waals surface area contributed by atoms with E-state index in [1.54, 1.807) is 18.3 Å². The van der Waals surface area contributed by atoms with Gasteiger partial charge in [-0.05, 0) is 50.5 Å². The lowest BCUT2D eigenvalue weighted by Crippen LogP contribution is -2.36. The van der Waals surface area contributed by atoms with Crippen molar-refractivity contribution in [2.75, 3.05) is 27.3 Å². The molecular weight excluding hydrogens is 422 g/mol. The first kappa shape index (κ1) is 21.1. The lowest BCUT2D eigenvalue weighted by molar-refractivity contribution is 0.0725. The number of likely N-dealkylation sites (tertiary alicyclic amines) is 1. The molecule has 0 atom stereocenters. The minimum Gasteiger partial charge on any atom is -0.493 e. The normalized spacial score (nSPS) is 14.1. The Morgan fingerprint density at radius 1 is 0.970 bits per heavy atom. The Balaban J connectivity index is 1.81. The van der Waals surface area contributed by atoms with Crippen molar-refractivity contribution in [3.63, 3.8) is 0 Å². The molecule has 0 spiro atoms. The Bertz CT molecular complexity index is 1430. The summed E-state index contributed by atoms with van der Waals surface area (Å²) in [5, 5.41) is 5.74. The van der Waals surface area contributed by atoms with E-state index in [0.29, 0.717) is 57.7 Å². The molecule has 0 bridgehead atoms. The summed E-state index contributed by atoms with van der Waals surface area (Å²) in [7, 11) is 3.04. The van der Waals surface area contributed by atoms with Crippen LogP contribution in [0.4, 0.5) is 0 Å². The monoisotopic (exact) mass is 447 g/mol. The number of methoxy groups -OCH3 is 2. The van der Waals surface area contributed by atoms with Crippen LogP contribution in [0, 0.1) is 6.92 Å². The largest absolute Gasteiger partial charge is 0.493 e. The van der Waals surface area contributed by atoms with Gasteiger partial charge < -0.3 is 18.9 Å². The second-order valence-corrected chi connectivity index (χ2v) is 8.33. The Morgan fingerprint density at radius 3 is 2.36 bits per heavy atom. The van der Waals surface area contributed by atoms with Gasteiger partial charge in [-0.3, -0.25) is 14.2 Å². The SMILES string of the molecule is COc1cc2c(C(=O)N3CCCCC3)cn(-c3noc4ccc(C)cc34)c(=O)c2cc1OC. The van der Waals surface area contributed by atoms with Crippen molar-refractivity contribution in [1.82, 2.24) is 14.6 Å². The van der Waals surface area contributed by atoms with Gasteiger partial charge in [-0.2, -0.15) is 0 Å². The van der Waals surface area contributed by atoms with Crippen LogP contribution in [0.25, 0.3) is 27.6 Å². The number of piperidine rings is 1. The Morgan fingerprint density at radius 2 is 1.67 bits per heavy atom. The van der Waals surface area contributed by atoms with E-state index in [2.05, 4.69) is 5.16 Å². The number of pyridine rings is 1. The van der Waals surface area contributed by atoms with Gasteiger partial charge in [-0.25, -0.2) is 0 Å². The second kappa shape index (κ2) is 8.27. The molecule has 1 amide bonds. The summed E-state index contributed by atoms with van der Waals surface area (Å²) in [6.45, 7) is 3.35. The molecule has 0 N–H and O–H groups in total. The molecule has 2 aromatic carbocycles. The number of nitrogens with zero attached hydrogens (tertiary/aromatic N) is 3. The number of amides is 1. The average molecular weight is 447 g/mol. The molecule has 2 aromatic heterocycles. The molecule has 0 saturated carbocycles. The fourth-order valence-corrected chi connectivity index (χ4v) is 4.47. The van der Waals surface area contributed by atoms with Crippen LogP contribution in [0.1, 0.15) is 35.2 Å². The van der Waals surface area contributed by atoms with E-state index in [4.69, 9.17) is 14.0 Å². The molecular formula is C25H25N3O5. The minimum absolute atomic E-state index is 0.121. The van der Waals surface area contributed by atoms with Crippen LogP contribution in [-0.4, -0.2) is 47.8 Å². The third-order valence-corrected chi connectivity index (χ3v) is 6.23. The number of rotatable bonds is 4. The van der Waals surface area contributed by atoms with E-state index in [0.717, 1.165) is 24.8 Å². The van der Waals surface area contributed by atoms with Gasteiger partial charge in [0, 0.05) is 24.7 Å². The smallest absolute Gasteiger partial charge is 0.264 e. The zero-order valence-corrected chi connectivity index (χ0v) is 18.9. The van der Waals surface area contributed by atoms with Crippen molar-refractivity contribution < 1.29 is 18.8 Å². The number of aromatic nitrogens is 2. The maximum Gasteiger partial charge on any atom is 0.264 e. The first-order chi connectivity index (χ1) is 16.0. The molecule has 8 nitrogen and oxygen atoms in total. The molecule has 33 heavy (non-hydrogen) atoms. The van der Waals surface area contributed by atoms with E-state index < -0.39 is 0 Å². The predicted molar refractivity (Wildman–Crippen MR) is 125 cm³/mol. The molecule has 5 rings (SSSR count). The molecule has 8 heteroatoms. The molecule has 0 radical (unpaired) electrons. The van der Waals surface area contributed by atoms with Crippen LogP contribution in [0.2, 0.25) is 0 Å². The van der Waals surface area contributed by atoms with Gasteiger partial charge >= 0.3 is 0 Å². The molecule has 1 fully saturated rings. The Labute approximate surface area is 190 Å². The Kier molecular flexibility index (Phi) is 5.28. The first-order valence-electron chi connectivity index (χ1n) is 11.0. The molecule has 1 aliphatic heterocycles. The quantitative estimate of drug-likeness (QED) is 0.468. The molecule has 0 unspecified atom stereocenters. The summed E-state index contributed by atoms with van der Waals surface area (Å²) < 4.78 is 17.8. The maximum absolute atomic E-state index is 13.6. The van der Waals surface area contributed by atoms with Gasteiger partial charge in [-0.1, -0.05) is 16.8 Å². The van der Waals surface area contributed by atoms with Crippen LogP contribution < -0.4 is 15.0 Å². The first-order valence-corrected chi connectivity index (χ1v) is 11.0. The maximum atomic E-state index is 13.6. The summed E-state index contributed by atoms with van der Waals surface area (Å²) in [6, 6.07) is 8.97. The lowest BCUT2D eigenvalue weighted by Gasteiger charge is -2.27. The highest BCUT2D eigenvalue weighted by atomic mass is 16.5. The van der Waals surface area contributed by atoms with E-state index in [1.807, 2.05) is 30.0 Å². The van der Waals surface area contributed by atoms with Gasteiger partial charge in [0.25, 0.3) is 11.5 Å². The van der Waals surface area contributed by atoms with Crippen molar-refractivity contribution in [2.45, 2.75) is 26.2 Å². The summed E-state index contributed by atoms with van der Waals surface area (Å²) in [4.78, 5) is 29.1. The average Bonchev–Trinajstić information content (AvgIpc) is 3.26. The number of hydrogen-bond acceptors (Lipinski definition) is 6. The standard InChI is InChI=1S/C25H25N3O5/c1-15-7-8-20-18(11-15)23(26-33-20)28-14-19(24(29)27-9-5-4-6-10-27)16-12-21(31-2)22(32-3)13-17(16)25(28)30/h7-8,11-14H,4-6,9-10H2,1-3H3. The van der Waals surface area contributed by atoms with Crippen molar-refractivity contribution in [3.05, 3.63) is 58.0 Å². The number of ether oxygens (including phenoxy) is 2. The summed E-state index contributed by atoms with van der Waals surface area (Å²) >= 11 is 0. The molecule has 170 valence electrons. The van der Waals surface area contributed by atoms with Crippen molar-refractivity contribution in [2.24, 2.45) is 0 Å². The number of benzene rings is 2. The van der Waals surface area contributed by atoms with Gasteiger partial charge in [-0.15, -0.1) is 0 Å². The summed E-state index contributed by atoms with van der Waals surface area (Å²) in [6.07, 6.45) is 4.62. The number of aryl methyl sites for hydroxylation is 1. The van der Waals surface area contributed by atoms with E-state index in [9.17, 15) is 9.59 Å². The molecule has 1 saturated heterocycles. The summed E-state index contributed by atoms with van der Waals surface area (Å²) in [5.41, 5.74) is 1.67. The number of carbonyl (C=O) groups excluding carboxylic acids is 1. The highest BCUT2D eigenvalue weighted by Crippen LogP contribution is 2.34. The fraction of sp³-hybridized carbons (Fsp3) is 0.320. The summed E-state index contributed by atoms with van der Waals surface area (Å²) in [5.74, 6) is 1.10. The van der Waals surface area contributed by atoms with E-state index in [-0.39, 0.29) is 11.5 Å².